The van der Waals surface area contributed by atoms with Gasteiger partial charge in [0.25, 0.3) is 0 Å². The number of ether oxygens (including phenoxy) is 3. The molecule has 2 aliphatic rings. The zero-order chi connectivity index (χ0) is 19.0. The Morgan fingerprint density at radius 2 is 2.04 bits per heavy atom. The minimum atomic E-state index is 0.124. The number of methoxy groups -OCH3 is 1. The molecule has 0 spiro atoms. The van der Waals surface area contributed by atoms with Crippen molar-refractivity contribution in [3.8, 4) is 11.5 Å². The summed E-state index contributed by atoms with van der Waals surface area (Å²) >= 11 is 0. The molecule has 2 aliphatic heterocycles. The molecule has 27 heavy (non-hydrogen) atoms. The van der Waals surface area contributed by atoms with E-state index in [1.807, 2.05) is 13.0 Å². The normalized spacial score (nSPS) is 23.8. The van der Waals surface area contributed by atoms with Gasteiger partial charge in [-0.2, -0.15) is 0 Å². The molecule has 3 atom stereocenters. The molecule has 0 saturated carbocycles. The highest BCUT2D eigenvalue weighted by Gasteiger charge is 2.41. The number of hydrogen-bond donors (Lipinski definition) is 1. The van der Waals surface area contributed by atoms with Gasteiger partial charge in [0.1, 0.15) is 0 Å². The first-order valence-electron chi connectivity index (χ1n) is 9.93. The van der Waals surface area contributed by atoms with Gasteiger partial charge in [-0.1, -0.05) is 29.8 Å². The molecule has 4 nitrogen and oxygen atoms in total. The molecule has 0 aromatic heterocycles. The number of hydrogen-bond acceptors (Lipinski definition) is 4. The highest BCUT2D eigenvalue weighted by Crippen LogP contribution is 2.52. The molecule has 2 aromatic rings. The van der Waals surface area contributed by atoms with Crippen molar-refractivity contribution in [2.24, 2.45) is 5.92 Å². The summed E-state index contributed by atoms with van der Waals surface area (Å²) in [4.78, 5) is 0. The van der Waals surface area contributed by atoms with E-state index in [2.05, 4.69) is 43.4 Å². The summed E-state index contributed by atoms with van der Waals surface area (Å²) in [5.74, 6) is 2.01. The van der Waals surface area contributed by atoms with Crippen LogP contribution in [0.25, 0.3) is 0 Å². The van der Waals surface area contributed by atoms with Crippen LogP contribution in [0.2, 0.25) is 0 Å². The summed E-state index contributed by atoms with van der Waals surface area (Å²) in [5, 5.41) is 3.84. The number of fused-ring (bicyclic) bond motifs is 3. The van der Waals surface area contributed by atoms with Gasteiger partial charge in [-0.3, -0.25) is 0 Å². The van der Waals surface area contributed by atoms with E-state index < -0.39 is 0 Å². The van der Waals surface area contributed by atoms with Gasteiger partial charge in [0, 0.05) is 29.3 Å². The number of aryl methyl sites for hydroxylation is 2. The van der Waals surface area contributed by atoms with Crippen LogP contribution < -0.4 is 14.8 Å². The third-order valence-electron chi connectivity index (χ3n) is 5.77. The van der Waals surface area contributed by atoms with E-state index in [0.29, 0.717) is 12.5 Å². The van der Waals surface area contributed by atoms with Crippen molar-refractivity contribution in [1.82, 2.24) is 0 Å². The van der Waals surface area contributed by atoms with E-state index in [0.717, 1.165) is 36.5 Å². The van der Waals surface area contributed by atoms with Gasteiger partial charge in [-0.15, -0.1) is 0 Å². The Kier molecular flexibility index (Phi) is 5.00. The van der Waals surface area contributed by atoms with Gasteiger partial charge in [0.15, 0.2) is 11.5 Å². The van der Waals surface area contributed by atoms with Crippen LogP contribution in [0.5, 0.6) is 11.5 Å². The fraction of sp³-hybridized carbons (Fsp3) is 0.478. The van der Waals surface area contributed by atoms with Crippen molar-refractivity contribution in [3.63, 3.8) is 0 Å². The molecule has 0 radical (unpaired) electrons. The maximum atomic E-state index is 6.31. The van der Waals surface area contributed by atoms with Gasteiger partial charge in [-0.25, -0.2) is 0 Å². The Morgan fingerprint density at radius 3 is 2.81 bits per heavy atom. The van der Waals surface area contributed by atoms with Gasteiger partial charge in [0.05, 0.1) is 25.9 Å². The summed E-state index contributed by atoms with van der Waals surface area (Å²) in [6.45, 7) is 7.79. The molecule has 1 saturated heterocycles. The lowest BCUT2D eigenvalue weighted by atomic mass is 9.76. The van der Waals surface area contributed by atoms with Crippen LogP contribution in [0.4, 0.5) is 5.69 Å². The summed E-state index contributed by atoms with van der Waals surface area (Å²) in [6, 6.07) is 10.8. The molecule has 4 heteroatoms. The lowest BCUT2D eigenvalue weighted by Gasteiger charge is -2.44. The molecule has 0 aliphatic carbocycles. The Morgan fingerprint density at radius 1 is 1.19 bits per heavy atom. The minimum Gasteiger partial charge on any atom is -0.493 e. The zero-order valence-electron chi connectivity index (χ0n) is 16.7. The zero-order valence-corrected chi connectivity index (χ0v) is 16.7. The first-order valence-corrected chi connectivity index (χ1v) is 9.93. The molecule has 2 heterocycles. The van der Waals surface area contributed by atoms with Crippen LogP contribution in [-0.4, -0.2) is 20.3 Å². The van der Waals surface area contributed by atoms with Gasteiger partial charge < -0.3 is 19.5 Å². The monoisotopic (exact) mass is 367 g/mol. The Balaban J connectivity index is 1.84. The predicted molar refractivity (Wildman–Crippen MR) is 108 cm³/mol. The summed E-state index contributed by atoms with van der Waals surface area (Å²) in [6.07, 6.45) is 2.35. The van der Waals surface area contributed by atoms with Crippen LogP contribution in [-0.2, 0) is 4.74 Å². The first kappa shape index (κ1) is 18.2. The standard InChI is InChI=1S/C23H29NO3/c1-5-26-23-17(8-6-10-19(23)25-4)21-16-9-7-11-27-22(16)18-13-14(2)12-15(3)20(18)24-21/h6,8,10,12-13,16,21-22,24H,5,7,9,11H2,1-4H3/t16-,21?,22-/m0/s1. The summed E-state index contributed by atoms with van der Waals surface area (Å²) in [5.41, 5.74) is 6.22. The quantitative estimate of drug-likeness (QED) is 0.791. The highest BCUT2D eigenvalue weighted by molar-refractivity contribution is 5.64. The lowest BCUT2D eigenvalue weighted by Crippen LogP contribution is -2.36. The third-order valence-corrected chi connectivity index (χ3v) is 5.77. The second-order valence-corrected chi connectivity index (χ2v) is 7.58. The van der Waals surface area contributed by atoms with E-state index in [-0.39, 0.29) is 12.1 Å². The van der Waals surface area contributed by atoms with E-state index in [9.17, 15) is 0 Å². The molecular weight excluding hydrogens is 338 g/mol. The Labute approximate surface area is 161 Å². The van der Waals surface area contributed by atoms with Crippen LogP contribution in [0.15, 0.2) is 30.3 Å². The van der Waals surface area contributed by atoms with E-state index in [1.165, 1.54) is 22.4 Å². The van der Waals surface area contributed by atoms with Crippen molar-refractivity contribution in [3.05, 3.63) is 52.6 Å². The van der Waals surface area contributed by atoms with E-state index in [1.54, 1.807) is 7.11 Å². The fourth-order valence-electron chi connectivity index (χ4n) is 4.70. The molecule has 2 aromatic carbocycles. The smallest absolute Gasteiger partial charge is 0.166 e. The first-order chi connectivity index (χ1) is 13.1. The van der Waals surface area contributed by atoms with Crippen molar-refractivity contribution in [2.75, 3.05) is 25.6 Å². The summed E-state index contributed by atoms with van der Waals surface area (Å²) in [7, 11) is 1.70. The molecule has 0 bridgehead atoms. The van der Waals surface area contributed by atoms with Gasteiger partial charge in [0.2, 0.25) is 0 Å². The van der Waals surface area contributed by atoms with Crippen LogP contribution >= 0.6 is 0 Å². The second kappa shape index (κ2) is 7.43. The average Bonchev–Trinajstić information content (AvgIpc) is 2.68. The lowest BCUT2D eigenvalue weighted by molar-refractivity contribution is -0.0384. The Bertz CT molecular complexity index is 833. The average molecular weight is 367 g/mol. The van der Waals surface area contributed by atoms with Crippen LogP contribution in [0.3, 0.4) is 0 Å². The largest absolute Gasteiger partial charge is 0.493 e. The minimum absolute atomic E-state index is 0.124. The maximum absolute atomic E-state index is 6.31. The fourth-order valence-corrected chi connectivity index (χ4v) is 4.70. The van der Waals surface area contributed by atoms with Crippen molar-refractivity contribution >= 4 is 5.69 Å². The van der Waals surface area contributed by atoms with Gasteiger partial charge >= 0.3 is 0 Å². The predicted octanol–water partition coefficient (Wildman–Crippen LogP) is 5.35. The van der Waals surface area contributed by atoms with Crippen molar-refractivity contribution in [2.45, 2.75) is 45.8 Å². The molecule has 4 rings (SSSR count). The van der Waals surface area contributed by atoms with Crippen LogP contribution in [0, 0.1) is 19.8 Å². The van der Waals surface area contributed by atoms with E-state index >= 15 is 0 Å². The topological polar surface area (TPSA) is 39.7 Å². The molecule has 1 fully saturated rings. The number of nitrogens with one attached hydrogen (secondary N) is 1. The number of benzene rings is 2. The number of para-hydroxylation sites is 1. The SMILES string of the molecule is CCOc1c(OC)cccc1C1Nc2c(C)cc(C)cc2[C@H]2OCCC[C@@H]12. The van der Waals surface area contributed by atoms with Crippen molar-refractivity contribution in [1.29, 1.82) is 0 Å². The Hall–Kier alpha value is -2.20. The highest BCUT2D eigenvalue weighted by atomic mass is 16.5. The second-order valence-electron chi connectivity index (χ2n) is 7.58. The van der Waals surface area contributed by atoms with Crippen LogP contribution in [0.1, 0.15) is 54.2 Å². The molecule has 1 unspecified atom stereocenters. The molecular formula is C23H29NO3. The number of anilines is 1. The maximum Gasteiger partial charge on any atom is 0.166 e. The summed E-state index contributed by atoms with van der Waals surface area (Å²) < 4.78 is 17.9. The van der Waals surface area contributed by atoms with E-state index in [4.69, 9.17) is 14.2 Å². The van der Waals surface area contributed by atoms with Gasteiger partial charge in [-0.05, 0) is 45.2 Å². The molecule has 1 N–H and O–H groups in total. The third kappa shape index (κ3) is 3.16. The van der Waals surface area contributed by atoms with Crippen molar-refractivity contribution < 1.29 is 14.2 Å². The number of rotatable bonds is 4. The molecule has 144 valence electrons. The molecule has 0 amide bonds.